The van der Waals surface area contributed by atoms with E-state index in [1.54, 1.807) is 4.90 Å². The maximum absolute atomic E-state index is 13.0. The number of anilines is 1. The molecule has 0 N–H and O–H groups in total. The number of amides is 2. The summed E-state index contributed by atoms with van der Waals surface area (Å²) in [6, 6.07) is 7.78. The van der Waals surface area contributed by atoms with Gasteiger partial charge in [0.1, 0.15) is 12.3 Å². The molecule has 3 aliphatic rings. The van der Waals surface area contributed by atoms with E-state index in [0.717, 1.165) is 39.0 Å². The molecule has 134 valence electrons. The summed E-state index contributed by atoms with van der Waals surface area (Å²) < 4.78 is 11.1. The first-order valence-electron chi connectivity index (χ1n) is 9.12. The first-order chi connectivity index (χ1) is 12.2. The number of fused-ring (bicyclic) bond motifs is 1. The number of rotatable bonds is 5. The van der Waals surface area contributed by atoms with E-state index in [4.69, 9.17) is 9.47 Å². The number of hydrogen-bond donors (Lipinski definition) is 0. The fourth-order valence-corrected chi connectivity index (χ4v) is 3.57. The molecule has 1 saturated heterocycles. The lowest BCUT2D eigenvalue weighted by Gasteiger charge is -2.29. The zero-order valence-electron chi connectivity index (χ0n) is 14.4. The van der Waals surface area contributed by atoms with Crippen LogP contribution in [0.15, 0.2) is 24.3 Å². The highest BCUT2D eigenvalue weighted by Crippen LogP contribution is 2.33. The quantitative estimate of drug-likeness (QED) is 0.818. The van der Waals surface area contributed by atoms with Gasteiger partial charge in [0.2, 0.25) is 11.8 Å². The highest BCUT2D eigenvalue weighted by atomic mass is 16.5. The number of carbonyl (C=O) groups is 2. The number of nitrogens with zero attached hydrogens (tertiary/aromatic N) is 2. The fourth-order valence-electron chi connectivity index (χ4n) is 3.57. The molecule has 25 heavy (non-hydrogen) atoms. The van der Waals surface area contributed by atoms with Gasteiger partial charge < -0.3 is 14.4 Å². The molecule has 2 amide bonds. The molecule has 0 spiro atoms. The summed E-state index contributed by atoms with van der Waals surface area (Å²) in [5.74, 6) is 1.06. The minimum atomic E-state index is -0.0572. The molecule has 6 nitrogen and oxygen atoms in total. The van der Waals surface area contributed by atoms with E-state index in [1.165, 1.54) is 0 Å². The van der Waals surface area contributed by atoms with Gasteiger partial charge in [-0.1, -0.05) is 12.1 Å². The molecule has 0 bridgehead atoms. The topological polar surface area (TPSA) is 59.1 Å². The Balaban J connectivity index is 1.50. The Morgan fingerprint density at radius 2 is 2.04 bits per heavy atom. The van der Waals surface area contributed by atoms with Crippen molar-refractivity contribution in [2.75, 3.05) is 37.8 Å². The summed E-state index contributed by atoms with van der Waals surface area (Å²) in [4.78, 5) is 29.1. The van der Waals surface area contributed by atoms with Gasteiger partial charge in [0.05, 0.1) is 25.3 Å². The SMILES string of the molecule is O=C1CCOc2ccccc2N1CC(=O)N(C[C@@H]1CCOC1)C1CC1. The number of ether oxygens (including phenoxy) is 2. The van der Waals surface area contributed by atoms with Crippen molar-refractivity contribution < 1.29 is 19.1 Å². The standard InChI is InChI=1S/C19H24N2O4/c22-18-8-10-25-17-4-2-1-3-16(17)21(18)12-19(23)20(15-5-6-15)11-14-7-9-24-13-14/h1-4,14-15H,5-13H2/t14-/m0/s1. The molecule has 1 atom stereocenters. The van der Waals surface area contributed by atoms with E-state index in [0.29, 0.717) is 36.4 Å². The third-order valence-corrected chi connectivity index (χ3v) is 5.11. The van der Waals surface area contributed by atoms with Gasteiger partial charge in [0, 0.05) is 25.1 Å². The van der Waals surface area contributed by atoms with Gasteiger partial charge >= 0.3 is 0 Å². The maximum atomic E-state index is 13.0. The van der Waals surface area contributed by atoms with E-state index in [-0.39, 0.29) is 18.4 Å². The lowest BCUT2D eigenvalue weighted by molar-refractivity contribution is -0.132. The van der Waals surface area contributed by atoms with Crippen LogP contribution in [0.3, 0.4) is 0 Å². The molecule has 4 rings (SSSR count). The summed E-state index contributed by atoms with van der Waals surface area (Å²) in [5.41, 5.74) is 0.693. The van der Waals surface area contributed by atoms with Crippen LogP contribution in [0.1, 0.15) is 25.7 Å². The molecule has 0 aromatic heterocycles. The van der Waals surface area contributed by atoms with E-state index < -0.39 is 0 Å². The molecule has 0 radical (unpaired) electrons. The molecule has 1 aliphatic carbocycles. The summed E-state index contributed by atoms with van der Waals surface area (Å²) in [6.45, 7) is 2.70. The Morgan fingerprint density at radius 1 is 1.20 bits per heavy atom. The molecule has 2 aliphatic heterocycles. The average Bonchev–Trinajstić information content (AvgIpc) is 3.35. The fraction of sp³-hybridized carbons (Fsp3) is 0.579. The Bertz CT molecular complexity index is 653. The second-order valence-electron chi connectivity index (χ2n) is 7.05. The summed E-state index contributed by atoms with van der Waals surface area (Å²) in [7, 11) is 0. The number of hydrogen-bond acceptors (Lipinski definition) is 4. The van der Waals surface area contributed by atoms with Crippen molar-refractivity contribution in [3.05, 3.63) is 24.3 Å². The van der Waals surface area contributed by atoms with Crippen LogP contribution >= 0.6 is 0 Å². The van der Waals surface area contributed by atoms with Crippen LogP contribution in [0, 0.1) is 5.92 Å². The van der Waals surface area contributed by atoms with Crippen molar-refractivity contribution in [1.82, 2.24) is 4.90 Å². The van der Waals surface area contributed by atoms with Gasteiger partial charge in [-0.25, -0.2) is 0 Å². The van der Waals surface area contributed by atoms with Crippen LogP contribution in [-0.4, -0.2) is 55.7 Å². The van der Waals surface area contributed by atoms with Gasteiger partial charge in [-0.2, -0.15) is 0 Å². The van der Waals surface area contributed by atoms with Crippen molar-refractivity contribution in [2.45, 2.75) is 31.7 Å². The van der Waals surface area contributed by atoms with Crippen molar-refractivity contribution in [2.24, 2.45) is 5.92 Å². The maximum Gasteiger partial charge on any atom is 0.242 e. The third kappa shape index (κ3) is 3.63. The zero-order valence-corrected chi connectivity index (χ0v) is 14.4. The monoisotopic (exact) mass is 344 g/mol. The first kappa shape index (κ1) is 16.4. The summed E-state index contributed by atoms with van der Waals surface area (Å²) in [6.07, 6.45) is 3.43. The molecular weight excluding hydrogens is 320 g/mol. The molecule has 1 aromatic rings. The molecule has 1 saturated carbocycles. The lowest BCUT2D eigenvalue weighted by atomic mass is 10.1. The Morgan fingerprint density at radius 3 is 2.80 bits per heavy atom. The predicted molar refractivity (Wildman–Crippen MR) is 92.6 cm³/mol. The Hall–Kier alpha value is -2.08. The number of carbonyl (C=O) groups excluding carboxylic acids is 2. The predicted octanol–water partition coefficient (Wildman–Crippen LogP) is 1.83. The number of para-hydroxylation sites is 2. The molecule has 2 fully saturated rings. The molecule has 1 aromatic carbocycles. The van der Waals surface area contributed by atoms with E-state index in [2.05, 4.69) is 0 Å². The normalized spacial score (nSPS) is 23.0. The second-order valence-corrected chi connectivity index (χ2v) is 7.05. The molecule has 2 heterocycles. The molecule has 6 heteroatoms. The molecular formula is C19H24N2O4. The van der Waals surface area contributed by atoms with Gasteiger partial charge in [-0.05, 0) is 31.4 Å². The van der Waals surface area contributed by atoms with Crippen LogP contribution < -0.4 is 9.64 Å². The second kappa shape index (κ2) is 7.04. The van der Waals surface area contributed by atoms with Crippen LogP contribution in [0.2, 0.25) is 0 Å². The smallest absolute Gasteiger partial charge is 0.242 e. The highest BCUT2D eigenvalue weighted by Gasteiger charge is 2.36. The largest absolute Gasteiger partial charge is 0.491 e. The van der Waals surface area contributed by atoms with Gasteiger partial charge in [0.15, 0.2) is 0 Å². The minimum Gasteiger partial charge on any atom is -0.491 e. The van der Waals surface area contributed by atoms with E-state index >= 15 is 0 Å². The summed E-state index contributed by atoms with van der Waals surface area (Å²) >= 11 is 0. The van der Waals surface area contributed by atoms with E-state index in [9.17, 15) is 9.59 Å². The van der Waals surface area contributed by atoms with Crippen LogP contribution in [0.25, 0.3) is 0 Å². The van der Waals surface area contributed by atoms with Crippen molar-refractivity contribution in [1.29, 1.82) is 0 Å². The first-order valence-corrected chi connectivity index (χ1v) is 9.12. The van der Waals surface area contributed by atoms with Crippen molar-refractivity contribution >= 4 is 17.5 Å². The third-order valence-electron chi connectivity index (χ3n) is 5.11. The Kier molecular flexibility index (Phi) is 4.61. The zero-order chi connectivity index (χ0) is 17.2. The van der Waals surface area contributed by atoms with Gasteiger partial charge in [-0.3, -0.25) is 14.5 Å². The minimum absolute atomic E-state index is 0.0273. The van der Waals surface area contributed by atoms with Gasteiger partial charge in [0.25, 0.3) is 0 Å². The average molecular weight is 344 g/mol. The van der Waals surface area contributed by atoms with Crippen molar-refractivity contribution in [3.63, 3.8) is 0 Å². The van der Waals surface area contributed by atoms with Crippen LogP contribution in [0.5, 0.6) is 5.75 Å². The number of benzene rings is 1. The van der Waals surface area contributed by atoms with Crippen LogP contribution in [-0.2, 0) is 14.3 Å². The highest BCUT2D eigenvalue weighted by molar-refractivity contribution is 6.00. The van der Waals surface area contributed by atoms with Gasteiger partial charge in [-0.15, -0.1) is 0 Å². The Labute approximate surface area is 147 Å². The van der Waals surface area contributed by atoms with Crippen molar-refractivity contribution in [3.8, 4) is 5.75 Å². The summed E-state index contributed by atoms with van der Waals surface area (Å²) in [5, 5.41) is 0. The molecule has 0 unspecified atom stereocenters. The lowest BCUT2D eigenvalue weighted by Crippen LogP contribution is -2.45. The van der Waals surface area contributed by atoms with Crippen LogP contribution in [0.4, 0.5) is 5.69 Å². The van der Waals surface area contributed by atoms with E-state index in [1.807, 2.05) is 29.2 Å².